The number of nitrogens with one attached hydrogen (secondary N) is 2. The summed E-state index contributed by atoms with van der Waals surface area (Å²) in [5.41, 5.74) is 0.328. The normalized spacial score (nSPS) is 21.8. The van der Waals surface area contributed by atoms with Crippen molar-refractivity contribution in [2.75, 3.05) is 32.5 Å². The van der Waals surface area contributed by atoms with Crippen molar-refractivity contribution in [1.29, 1.82) is 0 Å². The second-order valence-corrected chi connectivity index (χ2v) is 6.83. The van der Waals surface area contributed by atoms with Crippen molar-refractivity contribution >= 4 is 11.6 Å². The van der Waals surface area contributed by atoms with E-state index < -0.39 is 5.82 Å². The number of nitrogens with zero attached hydrogens (tertiary/aromatic N) is 2. The van der Waals surface area contributed by atoms with Gasteiger partial charge in [0.2, 0.25) is 0 Å². The van der Waals surface area contributed by atoms with E-state index in [1.807, 2.05) is 14.1 Å². The molecule has 1 aliphatic carbocycles. The van der Waals surface area contributed by atoms with Crippen molar-refractivity contribution < 1.29 is 9.50 Å². The summed E-state index contributed by atoms with van der Waals surface area (Å²) in [5.74, 6) is 0.779. The molecule has 6 heteroatoms. The molecule has 0 aliphatic heterocycles. The van der Waals surface area contributed by atoms with Crippen LogP contribution in [-0.4, -0.2) is 49.2 Å². The Morgan fingerprint density at radius 3 is 2.79 bits per heavy atom. The Morgan fingerprint density at radius 1 is 1.33 bits per heavy atom. The zero-order valence-electron chi connectivity index (χ0n) is 14.8. The largest absolute Gasteiger partial charge is 0.506 e. The molecular weight excluding hydrogens is 307 g/mol. The summed E-state index contributed by atoms with van der Waals surface area (Å²) in [5, 5.41) is 16.5. The van der Waals surface area contributed by atoms with Crippen molar-refractivity contribution in [3.8, 4) is 5.75 Å². The van der Waals surface area contributed by atoms with Crippen LogP contribution in [0.3, 0.4) is 0 Å². The highest BCUT2D eigenvalue weighted by Crippen LogP contribution is 2.25. The minimum atomic E-state index is -0.394. The first-order chi connectivity index (χ1) is 11.5. The lowest BCUT2D eigenvalue weighted by atomic mass is 9.86. The first-order valence-electron chi connectivity index (χ1n) is 8.67. The molecule has 3 N–H and O–H groups in total. The van der Waals surface area contributed by atoms with Gasteiger partial charge in [0.25, 0.3) is 0 Å². The second kappa shape index (κ2) is 8.87. The molecule has 1 aromatic carbocycles. The molecule has 1 aliphatic rings. The molecule has 5 nitrogen and oxygen atoms in total. The Labute approximate surface area is 144 Å². The maximum Gasteiger partial charge on any atom is 0.196 e. The van der Waals surface area contributed by atoms with Gasteiger partial charge in [-0.25, -0.2) is 4.39 Å². The summed E-state index contributed by atoms with van der Waals surface area (Å²) in [6.07, 6.45) is 4.78. The summed E-state index contributed by atoms with van der Waals surface area (Å²) in [6.45, 7) is 3.69. The SMILES string of the molecule is CC1CCCCC1NC(=NCCN(C)C)Nc1cc(F)ccc1O. The molecule has 2 rings (SSSR count). The fourth-order valence-electron chi connectivity index (χ4n) is 2.93. The average molecular weight is 336 g/mol. The van der Waals surface area contributed by atoms with E-state index in [1.165, 1.54) is 37.5 Å². The lowest BCUT2D eigenvalue weighted by Gasteiger charge is -2.31. The third-order valence-electron chi connectivity index (χ3n) is 4.46. The molecule has 0 radical (unpaired) electrons. The number of rotatable bonds is 5. The minimum Gasteiger partial charge on any atom is -0.506 e. The number of hydrogen-bond donors (Lipinski definition) is 3. The van der Waals surface area contributed by atoms with E-state index in [0.717, 1.165) is 13.0 Å². The highest BCUT2D eigenvalue weighted by molar-refractivity contribution is 5.95. The molecule has 0 saturated heterocycles. The lowest BCUT2D eigenvalue weighted by molar-refractivity contribution is 0.308. The number of aromatic hydroxyl groups is 1. The van der Waals surface area contributed by atoms with Crippen LogP contribution in [0.1, 0.15) is 32.6 Å². The van der Waals surface area contributed by atoms with Crippen LogP contribution in [0.4, 0.5) is 10.1 Å². The number of anilines is 1. The molecule has 0 amide bonds. The predicted molar refractivity (Wildman–Crippen MR) is 97.1 cm³/mol. The van der Waals surface area contributed by atoms with Gasteiger partial charge in [0, 0.05) is 18.7 Å². The van der Waals surface area contributed by atoms with Crippen molar-refractivity contribution in [3.63, 3.8) is 0 Å². The number of phenolic OH excluding ortho intramolecular Hbond substituents is 1. The van der Waals surface area contributed by atoms with E-state index in [2.05, 4.69) is 27.4 Å². The second-order valence-electron chi connectivity index (χ2n) is 6.83. The van der Waals surface area contributed by atoms with Crippen molar-refractivity contribution in [2.45, 2.75) is 38.6 Å². The molecule has 1 saturated carbocycles. The predicted octanol–water partition coefficient (Wildman–Crippen LogP) is 3.03. The number of aliphatic imine (C=N–C) groups is 1. The zero-order valence-corrected chi connectivity index (χ0v) is 14.8. The molecule has 2 unspecified atom stereocenters. The van der Waals surface area contributed by atoms with Gasteiger partial charge in [-0.15, -0.1) is 0 Å². The lowest BCUT2D eigenvalue weighted by Crippen LogP contribution is -2.44. The van der Waals surface area contributed by atoms with E-state index in [9.17, 15) is 9.50 Å². The topological polar surface area (TPSA) is 59.9 Å². The van der Waals surface area contributed by atoms with Gasteiger partial charge < -0.3 is 20.6 Å². The van der Waals surface area contributed by atoms with Crippen molar-refractivity contribution in [1.82, 2.24) is 10.2 Å². The standard InChI is InChI=1S/C18H29FN4O/c1-13-6-4-5-7-15(13)21-18(20-10-11-23(2)3)22-16-12-14(19)8-9-17(16)24/h8-9,12-13,15,24H,4-7,10-11H2,1-3H3,(H2,20,21,22). The summed E-state index contributed by atoms with van der Waals surface area (Å²) < 4.78 is 13.5. The molecule has 0 spiro atoms. The van der Waals surface area contributed by atoms with Gasteiger partial charge in [0.05, 0.1) is 12.2 Å². The van der Waals surface area contributed by atoms with Gasteiger partial charge in [-0.05, 0) is 45.0 Å². The number of hydrogen-bond acceptors (Lipinski definition) is 3. The van der Waals surface area contributed by atoms with E-state index in [-0.39, 0.29) is 5.75 Å². The number of guanidine groups is 1. The van der Waals surface area contributed by atoms with Gasteiger partial charge in [0.15, 0.2) is 5.96 Å². The van der Waals surface area contributed by atoms with Gasteiger partial charge in [-0.3, -0.25) is 4.99 Å². The summed E-state index contributed by atoms with van der Waals surface area (Å²) in [6, 6.07) is 4.21. The van der Waals surface area contributed by atoms with Gasteiger partial charge in [0.1, 0.15) is 11.6 Å². The van der Waals surface area contributed by atoms with Crippen LogP contribution in [0.5, 0.6) is 5.75 Å². The van der Waals surface area contributed by atoms with Crippen LogP contribution < -0.4 is 10.6 Å². The van der Waals surface area contributed by atoms with E-state index >= 15 is 0 Å². The van der Waals surface area contributed by atoms with Gasteiger partial charge in [-0.2, -0.15) is 0 Å². The average Bonchev–Trinajstić information content (AvgIpc) is 2.52. The van der Waals surface area contributed by atoms with Crippen molar-refractivity contribution in [2.24, 2.45) is 10.9 Å². The van der Waals surface area contributed by atoms with Gasteiger partial charge >= 0.3 is 0 Å². The highest BCUT2D eigenvalue weighted by Gasteiger charge is 2.22. The first kappa shape index (κ1) is 18.5. The molecule has 24 heavy (non-hydrogen) atoms. The quantitative estimate of drug-likeness (QED) is 0.439. The van der Waals surface area contributed by atoms with Crippen LogP contribution in [0.15, 0.2) is 23.2 Å². The molecule has 0 bridgehead atoms. The van der Waals surface area contributed by atoms with E-state index in [1.54, 1.807) is 0 Å². The Hall–Kier alpha value is -1.82. The van der Waals surface area contributed by atoms with Crippen LogP contribution in [0, 0.1) is 11.7 Å². The fraction of sp³-hybridized carbons (Fsp3) is 0.611. The van der Waals surface area contributed by atoms with Crippen LogP contribution >= 0.6 is 0 Å². The third kappa shape index (κ3) is 5.67. The van der Waals surface area contributed by atoms with E-state index in [0.29, 0.717) is 30.2 Å². The summed E-state index contributed by atoms with van der Waals surface area (Å²) in [4.78, 5) is 6.64. The smallest absolute Gasteiger partial charge is 0.196 e. The Balaban J connectivity index is 2.10. The van der Waals surface area contributed by atoms with Crippen LogP contribution in [0.2, 0.25) is 0 Å². The van der Waals surface area contributed by atoms with Gasteiger partial charge in [-0.1, -0.05) is 19.8 Å². The summed E-state index contributed by atoms with van der Waals surface area (Å²) in [7, 11) is 4.00. The van der Waals surface area contributed by atoms with Crippen LogP contribution in [0.25, 0.3) is 0 Å². The zero-order chi connectivity index (χ0) is 17.5. The Morgan fingerprint density at radius 2 is 2.08 bits per heavy atom. The third-order valence-corrected chi connectivity index (χ3v) is 4.46. The molecule has 1 aromatic rings. The molecule has 0 aromatic heterocycles. The fourth-order valence-corrected chi connectivity index (χ4v) is 2.93. The molecule has 134 valence electrons. The number of benzene rings is 1. The molecular formula is C18H29FN4O. The van der Waals surface area contributed by atoms with E-state index in [4.69, 9.17) is 0 Å². The van der Waals surface area contributed by atoms with Crippen LogP contribution in [-0.2, 0) is 0 Å². The Kier molecular flexibility index (Phi) is 6.85. The first-order valence-corrected chi connectivity index (χ1v) is 8.67. The molecule has 1 fully saturated rings. The highest BCUT2D eigenvalue weighted by atomic mass is 19.1. The summed E-state index contributed by atoms with van der Waals surface area (Å²) >= 11 is 0. The van der Waals surface area contributed by atoms with Crippen molar-refractivity contribution in [3.05, 3.63) is 24.0 Å². The number of phenols is 1. The molecule has 2 atom stereocenters. The monoisotopic (exact) mass is 336 g/mol. The maximum absolute atomic E-state index is 13.5. The maximum atomic E-state index is 13.5. The molecule has 0 heterocycles. The Bertz CT molecular complexity index is 562. The number of halogens is 1. The minimum absolute atomic E-state index is 0.00945. The number of likely N-dealkylation sites (N-methyl/N-ethyl adjacent to an activating group) is 1.